The molecule has 0 bridgehead atoms. The molecule has 1 aromatic carbocycles. The molecule has 0 saturated carbocycles. The van der Waals surface area contributed by atoms with Crippen LogP contribution in [0.4, 0.5) is 5.69 Å². The molecule has 0 N–H and O–H groups in total. The van der Waals surface area contributed by atoms with Crippen LogP contribution in [-0.4, -0.2) is 26.3 Å². The summed E-state index contributed by atoms with van der Waals surface area (Å²) in [6.45, 7) is 6.59. The largest absolute Gasteiger partial charge is 0.378 e. The summed E-state index contributed by atoms with van der Waals surface area (Å²) >= 11 is 0. The first kappa shape index (κ1) is 10.4. The topological polar surface area (TPSA) is 46.6 Å². The van der Waals surface area contributed by atoms with E-state index in [4.69, 9.17) is 4.74 Å². The van der Waals surface area contributed by atoms with Gasteiger partial charge in [-0.2, -0.15) is 0 Å². The van der Waals surface area contributed by atoms with Crippen molar-refractivity contribution in [2.45, 2.75) is 19.8 Å². The third-order valence-corrected chi connectivity index (χ3v) is 2.83. The van der Waals surface area contributed by atoms with Crippen molar-refractivity contribution in [3.63, 3.8) is 0 Å². The maximum Gasteiger partial charge on any atom is 0.249 e. The molecule has 1 saturated heterocycles. The van der Waals surface area contributed by atoms with Crippen molar-refractivity contribution in [2.24, 2.45) is 0 Å². The highest BCUT2D eigenvalue weighted by atomic mass is 16.5. The first-order valence-electron chi connectivity index (χ1n) is 5.29. The predicted molar refractivity (Wildman–Crippen MR) is 58.5 cm³/mol. The molecule has 15 heavy (non-hydrogen) atoms. The summed E-state index contributed by atoms with van der Waals surface area (Å²) in [6.07, 6.45) is 0. The highest BCUT2D eigenvalue weighted by Gasteiger charge is 2.28. The van der Waals surface area contributed by atoms with Gasteiger partial charge in [-0.15, -0.1) is 0 Å². The maximum absolute atomic E-state index is 11.5. The van der Waals surface area contributed by atoms with Gasteiger partial charge in [0.1, 0.15) is 0 Å². The normalized spacial score (nSPS) is 17.7. The molecule has 1 heterocycles. The second kappa shape index (κ2) is 3.77. The second-order valence-electron chi connectivity index (χ2n) is 4.17. The van der Waals surface area contributed by atoms with Gasteiger partial charge in [-0.05, 0) is 5.92 Å². The lowest BCUT2D eigenvalue weighted by Gasteiger charge is -2.31. The van der Waals surface area contributed by atoms with Crippen LogP contribution in [0.1, 0.15) is 25.3 Å². The zero-order valence-electron chi connectivity index (χ0n) is 9.08. The molecule has 0 aromatic heterocycles. The Kier molecular flexibility index (Phi) is 2.61. The summed E-state index contributed by atoms with van der Waals surface area (Å²) in [5, 5.41) is 0. The minimum Gasteiger partial charge on any atom is -0.378 e. The Balaban J connectivity index is 2.31. The Morgan fingerprint density at radius 2 is 1.73 bits per heavy atom. The van der Waals surface area contributed by atoms with Crippen LogP contribution in [0.25, 0.3) is 0 Å². The SMILES string of the molecule is CC(C)c1c(N2CCOCC2)c(=O)c1=O. The molecule has 0 atom stereocenters. The number of hydrogen-bond donors (Lipinski definition) is 0. The van der Waals surface area contributed by atoms with Gasteiger partial charge in [-0.1, -0.05) is 13.8 Å². The summed E-state index contributed by atoms with van der Waals surface area (Å²) in [4.78, 5) is 24.9. The lowest BCUT2D eigenvalue weighted by Crippen LogP contribution is -2.48. The third kappa shape index (κ3) is 1.59. The van der Waals surface area contributed by atoms with Gasteiger partial charge in [0.05, 0.1) is 18.9 Å². The summed E-state index contributed by atoms with van der Waals surface area (Å²) in [5.74, 6) is 0.132. The molecule has 2 rings (SSSR count). The predicted octanol–water partition coefficient (Wildman–Crippen LogP) is 0.243. The first-order valence-corrected chi connectivity index (χ1v) is 5.29. The van der Waals surface area contributed by atoms with Crippen molar-refractivity contribution in [3.05, 3.63) is 26.0 Å². The van der Waals surface area contributed by atoms with Crippen LogP contribution in [0, 0.1) is 0 Å². The van der Waals surface area contributed by atoms with E-state index in [1.165, 1.54) is 0 Å². The quantitative estimate of drug-likeness (QED) is 0.655. The fourth-order valence-electron chi connectivity index (χ4n) is 2.03. The van der Waals surface area contributed by atoms with Crippen LogP contribution >= 0.6 is 0 Å². The average Bonchev–Trinajstić information content (AvgIpc) is 2.25. The number of hydrogen-bond acceptors (Lipinski definition) is 4. The molecule has 4 heteroatoms. The van der Waals surface area contributed by atoms with Crippen molar-refractivity contribution >= 4 is 5.69 Å². The van der Waals surface area contributed by atoms with Crippen LogP contribution in [0.5, 0.6) is 0 Å². The Morgan fingerprint density at radius 1 is 1.13 bits per heavy atom. The van der Waals surface area contributed by atoms with E-state index < -0.39 is 0 Å². The summed E-state index contributed by atoms with van der Waals surface area (Å²) in [5.41, 5.74) is 0.715. The zero-order valence-corrected chi connectivity index (χ0v) is 9.08. The molecule has 0 radical (unpaired) electrons. The van der Waals surface area contributed by atoms with Crippen molar-refractivity contribution < 1.29 is 4.74 Å². The maximum atomic E-state index is 11.5. The van der Waals surface area contributed by atoms with Crippen LogP contribution < -0.4 is 15.8 Å². The smallest absolute Gasteiger partial charge is 0.249 e. The fraction of sp³-hybridized carbons (Fsp3) is 0.636. The van der Waals surface area contributed by atoms with Gasteiger partial charge in [-0.3, -0.25) is 9.59 Å². The van der Waals surface area contributed by atoms with E-state index in [2.05, 4.69) is 0 Å². The summed E-state index contributed by atoms with van der Waals surface area (Å²) < 4.78 is 5.22. The van der Waals surface area contributed by atoms with Gasteiger partial charge < -0.3 is 9.64 Å². The molecule has 4 nitrogen and oxygen atoms in total. The van der Waals surface area contributed by atoms with Crippen molar-refractivity contribution in [1.29, 1.82) is 0 Å². The van der Waals surface area contributed by atoms with E-state index in [1.54, 1.807) is 0 Å². The van der Waals surface area contributed by atoms with E-state index in [1.807, 2.05) is 18.7 Å². The van der Waals surface area contributed by atoms with Crippen LogP contribution in [0.2, 0.25) is 0 Å². The number of anilines is 1. The Morgan fingerprint density at radius 3 is 2.27 bits per heavy atom. The molecule has 1 aliphatic heterocycles. The standard InChI is InChI=1S/C11H15NO3/c1-7(2)8-9(11(14)10(8)13)12-3-5-15-6-4-12/h7H,3-6H2,1-2H3. The van der Waals surface area contributed by atoms with Crippen molar-refractivity contribution in [1.82, 2.24) is 0 Å². The van der Waals surface area contributed by atoms with E-state index in [0.717, 1.165) is 0 Å². The highest BCUT2D eigenvalue weighted by molar-refractivity contribution is 5.60. The minimum atomic E-state index is -0.319. The molecular formula is C11H15NO3. The Labute approximate surface area is 88.2 Å². The Bertz CT molecular complexity index is 423. The summed E-state index contributed by atoms with van der Waals surface area (Å²) in [6, 6.07) is 0. The van der Waals surface area contributed by atoms with E-state index in [-0.39, 0.29) is 16.8 Å². The molecule has 0 amide bonds. The van der Waals surface area contributed by atoms with Crippen LogP contribution in [0.15, 0.2) is 9.59 Å². The molecule has 1 fully saturated rings. The lowest BCUT2D eigenvalue weighted by molar-refractivity contribution is 0.122. The fourth-order valence-corrected chi connectivity index (χ4v) is 2.03. The van der Waals surface area contributed by atoms with E-state index in [0.29, 0.717) is 37.6 Å². The number of ether oxygens (including phenoxy) is 1. The molecule has 82 valence electrons. The van der Waals surface area contributed by atoms with Gasteiger partial charge in [0.2, 0.25) is 10.9 Å². The first-order chi connectivity index (χ1) is 7.13. The number of morpholine rings is 1. The van der Waals surface area contributed by atoms with Crippen LogP contribution in [-0.2, 0) is 4.74 Å². The van der Waals surface area contributed by atoms with Gasteiger partial charge in [0, 0.05) is 18.7 Å². The summed E-state index contributed by atoms with van der Waals surface area (Å²) in [7, 11) is 0. The third-order valence-electron chi connectivity index (χ3n) is 2.83. The van der Waals surface area contributed by atoms with Gasteiger partial charge in [0.25, 0.3) is 0 Å². The van der Waals surface area contributed by atoms with E-state index in [9.17, 15) is 9.59 Å². The average molecular weight is 209 g/mol. The van der Waals surface area contributed by atoms with Gasteiger partial charge >= 0.3 is 0 Å². The van der Waals surface area contributed by atoms with Crippen molar-refractivity contribution in [2.75, 3.05) is 31.2 Å². The van der Waals surface area contributed by atoms with Crippen LogP contribution in [0.3, 0.4) is 0 Å². The minimum absolute atomic E-state index is 0.132. The van der Waals surface area contributed by atoms with E-state index >= 15 is 0 Å². The second-order valence-corrected chi connectivity index (χ2v) is 4.17. The van der Waals surface area contributed by atoms with Gasteiger partial charge in [-0.25, -0.2) is 0 Å². The molecule has 1 aliphatic rings. The Hall–Kier alpha value is -1.16. The molecular weight excluding hydrogens is 194 g/mol. The van der Waals surface area contributed by atoms with Crippen molar-refractivity contribution in [3.8, 4) is 0 Å². The number of rotatable bonds is 2. The molecule has 0 unspecified atom stereocenters. The monoisotopic (exact) mass is 209 g/mol. The molecule has 1 aromatic rings. The highest BCUT2D eigenvalue weighted by Crippen LogP contribution is 2.23. The molecule has 0 spiro atoms. The number of nitrogens with zero attached hydrogens (tertiary/aromatic N) is 1. The van der Waals surface area contributed by atoms with Gasteiger partial charge in [0.15, 0.2) is 0 Å². The zero-order chi connectivity index (χ0) is 11.0. The lowest BCUT2D eigenvalue weighted by atomic mass is 9.95. The molecule has 0 aliphatic carbocycles.